The Labute approximate surface area is 135 Å². The first-order chi connectivity index (χ1) is 10.1. The summed E-state index contributed by atoms with van der Waals surface area (Å²) in [6.07, 6.45) is 0. The SMILES string of the molecule is CCOc1ccc(NCc2c(Cl)c(C)nn2C)cc1CCl. The number of hydrogen-bond acceptors (Lipinski definition) is 3. The Morgan fingerprint density at radius 1 is 1.38 bits per heavy atom. The summed E-state index contributed by atoms with van der Waals surface area (Å²) < 4.78 is 7.33. The second-order valence-electron chi connectivity index (χ2n) is 4.71. The molecule has 0 atom stereocenters. The van der Waals surface area contributed by atoms with E-state index in [-0.39, 0.29) is 0 Å². The topological polar surface area (TPSA) is 39.1 Å². The largest absolute Gasteiger partial charge is 0.494 e. The quantitative estimate of drug-likeness (QED) is 0.811. The van der Waals surface area contributed by atoms with Crippen molar-refractivity contribution < 1.29 is 4.74 Å². The number of aromatic nitrogens is 2. The fourth-order valence-corrected chi connectivity index (χ4v) is 2.58. The first kappa shape index (κ1) is 16.0. The normalized spacial score (nSPS) is 10.7. The molecule has 0 unspecified atom stereocenters. The molecule has 0 aliphatic rings. The predicted molar refractivity (Wildman–Crippen MR) is 87.4 cm³/mol. The van der Waals surface area contributed by atoms with Crippen molar-refractivity contribution in [3.05, 3.63) is 40.2 Å². The van der Waals surface area contributed by atoms with Gasteiger partial charge in [0.2, 0.25) is 0 Å². The molecule has 1 aromatic heterocycles. The van der Waals surface area contributed by atoms with Gasteiger partial charge in [-0.15, -0.1) is 11.6 Å². The number of nitrogens with one attached hydrogen (secondary N) is 1. The molecule has 0 saturated carbocycles. The number of halogens is 2. The number of nitrogens with zero attached hydrogens (tertiary/aromatic N) is 2. The summed E-state index contributed by atoms with van der Waals surface area (Å²) in [7, 11) is 1.89. The highest BCUT2D eigenvalue weighted by Crippen LogP contribution is 2.26. The Balaban J connectivity index is 2.13. The molecule has 0 fully saturated rings. The Kier molecular flexibility index (Phi) is 5.37. The summed E-state index contributed by atoms with van der Waals surface area (Å²) in [5.74, 6) is 1.24. The van der Waals surface area contributed by atoms with Crippen LogP contribution in [0.2, 0.25) is 5.02 Å². The van der Waals surface area contributed by atoms with Crippen LogP contribution in [0.1, 0.15) is 23.9 Å². The van der Waals surface area contributed by atoms with Gasteiger partial charge in [-0.3, -0.25) is 4.68 Å². The molecule has 0 aliphatic heterocycles. The van der Waals surface area contributed by atoms with Gasteiger partial charge in [-0.1, -0.05) is 11.6 Å². The first-order valence-electron chi connectivity index (χ1n) is 6.80. The van der Waals surface area contributed by atoms with Crippen molar-refractivity contribution >= 4 is 28.9 Å². The third-order valence-corrected chi connectivity index (χ3v) is 4.01. The van der Waals surface area contributed by atoms with Crippen LogP contribution in [0.25, 0.3) is 0 Å². The summed E-state index contributed by atoms with van der Waals surface area (Å²) in [6.45, 7) is 5.08. The highest BCUT2D eigenvalue weighted by atomic mass is 35.5. The van der Waals surface area contributed by atoms with Gasteiger partial charge in [0.05, 0.1) is 35.4 Å². The number of benzene rings is 1. The first-order valence-corrected chi connectivity index (χ1v) is 7.71. The van der Waals surface area contributed by atoms with E-state index in [1.165, 1.54) is 0 Å². The molecule has 4 nitrogen and oxygen atoms in total. The maximum atomic E-state index is 6.24. The molecule has 0 aliphatic carbocycles. The third kappa shape index (κ3) is 3.63. The fraction of sp³-hybridized carbons (Fsp3) is 0.400. The minimum absolute atomic E-state index is 0.413. The van der Waals surface area contributed by atoms with E-state index in [0.29, 0.717) is 24.1 Å². The Hall–Kier alpha value is -1.39. The van der Waals surface area contributed by atoms with E-state index >= 15 is 0 Å². The van der Waals surface area contributed by atoms with Crippen LogP contribution < -0.4 is 10.1 Å². The summed E-state index contributed by atoms with van der Waals surface area (Å²) in [6, 6.07) is 5.90. The van der Waals surface area contributed by atoms with E-state index in [1.807, 2.05) is 39.1 Å². The molecule has 21 heavy (non-hydrogen) atoms. The van der Waals surface area contributed by atoms with Crippen LogP contribution >= 0.6 is 23.2 Å². The van der Waals surface area contributed by atoms with Gasteiger partial charge in [0.25, 0.3) is 0 Å². The van der Waals surface area contributed by atoms with Crippen LogP contribution in [-0.2, 0) is 19.5 Å². The van der Waals surface area contributed by atoms with Crippen molar-refractivity contribution in [2.45, 2.75) is 26.3 Å². The monoisotopic (exact) mass is 327 g/mol. The van der Waals surface area contributed by atoms with Crippen molar-refractivity contribution in [1.29, 1.82) is 0 Å². The number of ether oxygens (including phenoxy) is 1. The molecule has 6 heteroatoms. The van der Waals surface area contributed by atoms with E-state index in [9.17, 15) is 0 Å². The van der Waals surface area contributed by atoms with Gasteiger partial charge in [0.15, 0.2) is 0 Å². The van der Waals surface area contributed by atoms with E-state index in [1.54, 1.807) is 4.68 Å². The molecular formula is C15H19Cl2N3O. The van der Waals surface area contributed by atoms with Gasteiger partial charge in [-0.25, -0.2) is 0 Å². The van der Waals surface area contributed by atoms with Crippen molar-refractivity contribution in [1.82, 2.24) is 9.78 Å². The van der Waals surface area contributed by atoms with Crippen molar-refractivity contribution in [2.75, 3.05) is 11.9 Å². The second kappa shape index (κ2) is 7.05. The number of rotatable bonds is 6. The van der Waals surface area contributed by atoms with E-state index in [0.717, 1.165) is 28.4 Å². The van der Waals surface area contributed by atoms with Crippen LogP contribution in [0.3, 0.4) is 0 Å². The highest BCUT2D eigenvalue weighted by Gasteiger charge is 2.11. The van der Waals surface area contributed by atoms with Crippen LogP contribution in [-0.4, -0.2) is 16.4 Å². The maximum absolute atomic E-state index is 6.24. The molecule has 2 aromatic rings. The Bertz CT molecular complexity index is 626. The average molecular weight is 328 g/mol. The second-order valence-corrected chi connectivity index (χ2v) is 5.36. The number of alkyl halides is 1. The molecule has 1 heterocycles. The van der Waals surface area contributed by atoms with E-state index < -0.39 is 0 Å². The fourth-order valence-electron chi connectivity index (χ4n) is 2.15. The van der Waals surface area contributed by atoms with Gasteiger partial charge in [-0.05, 0) is 32.0 Å². The standard InChI is InChI=1S/C15H19Cl2N3O/c1-4-21-14-6-5-12(7-11(14)8-16)18-9-13-15(17)10(2)19-20(13)3/h5-7,18H,4,8-9H2,1-3H3. The van der Waals surface area contributed by atoms with Gasteiger partial charge in [-0.2, -0.15) is 5.10 Å². The average Bonchev–Trinajstić information content (AvgIpc) is 2.71. The zero-order valence-electron chi connectivity index (χ0n) is 12.4. The van der Waals surface area contributed by atoms with Crippen LogP contribution in [0.5, 0.6) is 5.75 Å². The lowest BCUT2D eigenvalue weighted by molar-refractivity contribution is 0.337. The lowest BCUT2D eigenvalue weighted by Crippen LogP contribution is -2.06. The van der Waals surface area contributed by atoms with Crippen LogP contribution in [0.15, 0.2) is 18.2 Å². The summed E-state index contributed by atoms with van der Waals surface area (Å²) in [4.78, 5) is 0. The molecule has 0 radical (unpaired) electrons. The lowest BCUT2D eigenvalue weighted by atomic mass is 10.2. The molecule has 2 rings (SSSR count). The van der Waals surface area contributed by atoms with Crippen LogP contribution in [0, 0.1) is 6.92 Å². The highest BCUT2D eigenvalue weighted by molar-refractivity contribution is 6.31. The molecule has 114 valence electrons. The zero-order chi connectivity index (χ0) is 15.4. The Morgan fingerprint density at radius 2 is 2.14 bits per heavy atom. The summed E-state index contributed by atoms with van der Waals surface area (Å²) in [5.41, 5.74) is 3.74. The molecule has 0 amide bonds. The van der Waals surface area contributed by atoms with Crippen molar-refractivity contribution in [3.63, 3.8) is 0 Å². The number of hydrogen-bond donors (Lipinski definition) is 1. The zero-order valence-corrected chi connectivity index (χ0v) is 13.9. The molecule has 0 saturated heterocycles. The summed E-state index contributed by atoms with van der Waals surface area (Å²) >= 11 is 12.2. The van der Waals surface area contributed by atoms with E-state index in [4.69, 9.17) is 27.9 Å². The Morgan fingerprint density at radius 3 is 2.71 bits per heavy atom. The lowest BCUT2D eigenvalue weighted by Gasteiger charge is -2.12. The summed E-state index contributed by atoms with van der Waals surface area (Å²) in [5, 5.41) is 8.34. The third-order valence-electron chi connectivity index (χ3n) is 3.23. The van der Waals surface area contributed by atoms with Gasteiger partial charge >= 0.3 is 0 Å². The molecule has 0 bridgehead atoms. The smallest absolute Gasteiger partial charge is 0.123 e. The molecular weight excluding hydrogens is 309 g/mol. The number of aryl methyl sites for hydroxylation is 2. The van der Waals surface area contributed by atoms with Crippen molar-refractivity contribution in [2.24, 2.45) is 7.05 Å². The van der Waals surface area contributed by atoms with Gasteiger partial charge in [0, 0.05) is 18.3 Å². The minimum atomic E-state index is 0.413. The van der Waals surface area contributed by atoms with Gasteiger partial charge in [0.1, 0.15) is 5.75 Å². The van der Waals surface area contributed by atoms with Crippen LogP contribution in [0.4, 0.5) is 5.69 Å². The minimum Gasteiger partial charge on any atom is -0.494 e. The predicted octanol–water partition coefficient (Wildman–Crippen LogP) is 4.13. The van der Waals surface area contributed by atoms with Crippen molar-refractivity contribution in [3.8, 4) is 5.75 Å². The molecule has 0 spiro atoms. The van der Waals surface area contributed by atoms with E-state index in [2.05, 4.69) is 10.4 Å². The number of anilines is 1. The van der Waals surface area contributed by atoms with Gasteiger partial charge < -0.3 is 10.1 Å². The maximum Gasteiger partial charge on any atom is 0.123 e. The molecule has 1 aromatic carbocycles. The molecule has 1 N–H and O–H groups in total.